The molecule has 0 atom stereocenters. The van der Waals surface area contributed by atoms with E-state index in [0.29, 0.717) is 0 Å². The number of carbonyl (C=O) groups is 3. The predicted molar refractivity (Wildman–Crippen MR) is 84.0 cm³/mol. The average Bonchev–Trinajstić information content (AvgIpc) is 3.06. The van der Waals surface area contributed by atoms with E-state index in [9.17, 15) is 18.8 Å². The summed E-state index contributed by atoms with van der Waals surface area (Å²) in [5, 5.41) is 11.4. The van der Waals surface area contributed by atoms with Crippen LogP contribution in [-0.4, -0.2) is 29.9 Å². The number of ketones is 1. The Morgan fingerprint density at radius 2 is 2.00 bits per heavy atom. The molecular formula is C17H16FNO6. The van der Waals surface area contributed by atoms with E-state index in [1.807, 2.05) is 0 Å². The lowest BCUT2D eigenvalue weighted by molar-refractivity contribution is -0.121. The largest absolute Gasteiger partial charge is 0.494 e. The summed E-state index contributed by atoms with van der Waals surface area (Å²) >= 11 is 0. The highest BCUT2D eigenvalue weighted by Gasteiger charge is 2.15. The SMILES string of the molecule is COc1ccc(C(=O)CCC(=O)NCc2occc2C(=O)O)cc1F. The molecule has 0 aliphatic carbocycles. The predicted octanol–water partition coefficient (Wildman–Crippen LogP) is 2.40. The van der Waals surface area contributed by atoms with Crippen molar-refractivity contribution in [2.75, 3.05) is 7.11 Å². The van der Waals surface area contributed by atoms with E-state index < -0.39 is 17.7 Å². The highest BCUT2D eigenvalue weighted by Crippen LogP contribution is 2.19. The Labute approximate surface area is 142 Å². The van der Waals surface area contributed by atoms with Gasteiger partial charge >= 0.3 is 5.97 Å². The van der Waals surface area contributed by atoms with E-state index in [4.69, 9.17) is 14.3 Å². The zero-order valence-electron chi connectivity index (χ0n) is 13.4. The third kappa shape index (κ3) is 4.66. The summed E-state index contributed by atoms with van der Waals surface area (Å²) in [7, 11) is 1.32. The van der Waals surface area contributed by atoms with Gasteiger partial charge in [0.1, 0.15) is 11.3 Å². The number of Topliss-reactive ketones (excluding diaryl/α,β-unsaturated/α-hetero) is 1. The van der Waals surface area contributed by atoms with Gasteiger partial charge in [0.05, 0.1) is 19.9 Å². The topological polar surface area (TPSA) is 106 Å². The first-order chi connectivity index (χ1) is 11.9. The summed E-state index contributed by atoms with van der Waals surface area (Å²) in [5.74, 6) is -2.51. The molecule has 0 saturated carbocycles. The summed E-state index contributed by atoms with van der Waals surface area (Å²) < 4.78 is 23.3. The molecule has 0 fully saturated rings. The van der Waals surface area contributed by atoms with Crippen molar-refractivity contribution < 1.29 is 33.0 Å². The minimum Gasteiger partial charge on any atom is -0.494 e. The molecule has 25 heavy (non-hydrogen) atoms. The smallest absolute Gasteiger partial charge is 0.339 e. The van der Waals surface area contributed by atoms with Crippen LogP contribution in [0.1, 0.15) is 39.3 Å². The van der Waals surface area contributed by atoms with Crippen LogP contribution in [0.3, 0.4) is 0 Å². The molecule has 0 bridgehead atoms. The van der Waals surface area contributed by atoms with Crippen molar-refractivity contribution in [3.05, 3.63) is 53.2 Å². The molecule has 1 amide bonds. The van der Waals surface area contributed by atoms with Crippen LogP contribution in [0.4, 0.5) is 4.39 Å². The molecule has 1 heterocycles. The average molecular weight is 349 g/mol. The summed E-state index contributed by atoms with van der Waals surface area (Å²) in [4.78, 5) is 34.7. The van der Waals surface area contributed by atoms with E-state index in [-0.39, 0.29) is 47.8 Å². The van der Waals surface area contributed by atoms with E-state index in [2.05, 4.69) is 5.32 Å². The maximum Gasteiger partial charge on any atom is 0.339 e. The Morgan fingerprint density at radius 1 is 1.24 bits per heavy atom. The van der Waals surface area contributed by atoms with Gasteiger partial charge in [-0.3, -0.25) is 9.59 Å². The van der Waals surface area contributed by atoms with Crippen molar-refractivity contribution >= 4 is 17.7 Å². The van der Waals surface area contributed by atoms with Crippen LogP contribution in [0.15, 0.2) is 34.9 Å². The van der Waals surface area contributed by atoms with Crippen LogP contribution in [-0.2, 0) is 11.3 Å². The van der Waals surface area contributed by atoms with Crippen molar-refractivity contribution in [1.82, 2.24) is 5.32 Å². The van der Waals surface area contributed by atoms with Crippen molar-refractivity contribution in [2.24, 2.45) is 0 Å². The van der Waals surface area contributed by atoms with Crippen LogP contribution >= 0.6 is 0 Å². The van der Waals surface area contributed by atoms with E-state index in [1.165, 1.54) is 31.6 Å². The molecule has 8 heteroatoms. The quantitative estimate of drug-likeness (QED) is 0.709. The molecule has 1 aromatic heterocycles. The Kier molecular flexibility index (Phi) is 5.89. The van der Waals surface area contributed by atoms with Gasteiger partial charge in [0.2, 0.25) is 5.91 Å². The van der Waals surface area contributed by atoms with Gasteiger partial charge in [-0.25, -0.2) is 9.18 Å². The number of ether oxygens (including phenoxy) is 1. The van der Waals surface area contributed by atoms with E-state index in [0.717, 1.165) is 6.07 Å². The molecule has 2 aromatic rings. The standard InChI is InChI=1S/C17H16FNO6/c1-24-14-4-2-10(8-12(14)18)13(20)3-5-16(21)19-9-15-11(17(22)23)6-7-25-15/h2,4,6-8H,3,5,9H2,1H3,(H,19,21)(H,22,23). The van der Waals surface area contributed by atoms with Gasteiger partial charge in [0.15, 0.2) is 17.3 Å². The number of carboxylic acids is 1. The van der Waals surface area contributed by atoms with Gasteiger partial charge in [0.25, 0.3) is 0 Å². The molecule has 2 N–H and O–H groups in total. The van der Waals surface area contributed by atoms with Gasteiger partial charge in [-0.2, -0.15) is 0 Å². The summed E-state index contributed by atoms with van der Waals surface area (Å²) in [6.45, 7) is -0.0984. The molecule has 1 aromatic carbocycles. The maximum atomic E-state index is 13.6. The fourth-order valence-corrected chi connectivity index (χ4v) is 2.15. The number of halogens is 1. The summed E-state index contributed by atoms with van der Waals surface area (Å²) in [6, 6.07) is 5.10. The number of furan rings is 1. The number of nitrogens with one attached hydrogen (secondary N) is 1. The second-order valence-corrected chi connectivity index (χ2v) is 5.11. The number of benzene rings is 1. The lowest BCUT2D eigenvalue weighted by atomic mass is 10.1. The van der Waals surface area contributed by atoms with E-state index >= 15 is 0 Å². The van der Waals surface area contributed by atoms with Crippen molar-refractivity contribution in [2.45, 2.75) is 19.4 Å². The minimum atomic E-state index is -1.16. The number of methoxy groups -OCH3 is 1. The summed E-state index contributed by atoms with van der Waals surface area (Å²) in [5.41, 5.74) is 0.107. The first-order valence-electron chi connectivity index (χ1n) is 7.35. The van der Waals surface area contributed by atoms with Gasteiger partial charge < -0.3 is 19.6 Å². The van der Waals surface area contributed by atoms with Crippen molar-refractivity contribution in [3.63, 3.8) is 0 Å². The molecule has 0 saturated heterocycles. The zero-order valence-corrected chi connectivity index (χ0v) is 13.4. The summed E-state index contributed by atoms with van der Waals surface area (Å²) in [6.07, 6.45) is 0.990. The molecule has 0 aliphatic rings. The zero-order chi connectivity index (χ0) is 18.4. The van der Waals surface area contributed by atoms with Gasteiger partial charge in [-0.05, 0) is 24.3 Å². The fraction of sp³-hybridized carbons (Fsp3) is 0.235. The fourth-order valence-electron chi connectivity index (χ4n) is 2.15. The van der Waals surface area contributed by atoms with Crippen LogP contribution in [0.2, 0.25) is 0 Å². The molecule has 132 valence electrons. The second kappa shape index (κ2) is 8.09. The van der Waals surface area contributed by atoms with Crippen molar-refractivity contribution in [3.8, 4) is 5.75 Å². The number of hydrogen-bond acceptors (Lipinski definition) is 5. The van der Waals surface area contributed by atoms with Crippen LogP contribution in [0, 0.1) is 5.82 Å². The number of amides is 1. The normalized spacial score (nSPS) is 10.3. The van der Waals surface area contributed by atoms with Gasteiger partial charge in [0, 0.05) is 18.4 Å². The number of aromatic carboxylic acids is 1. The Balaban J connectivity index is 1.85. The molecule has 2 rings (SSSR count). The highest BCUT2D eigenvalue weighted by atomic mass is 19.1. The van der Waals surface area contributed by atoms with Crippen molar-refractivity contribution in [1.29, 1.82) is 0 Å². The molecule has 0 spiro atoms. The monoisotopic (exact) mass is 349 g/mol. The molecule has 0 radical (unpaired) electrons. The third-order valence-electron chi connectivity index (χ3n) is 3.47. The van der Waals surface area contributed by atoms with E-state index in [1.54, 1.807) is 0 Å². The number of carboxylic acid groups (broad SMARTS) is 1. The molecule has 7 nitrogen and oxygen atoms in total. The Morgan fingerprint density at radius 3 is 2.64 bits per heavy atom. The Bertz CT molecular complexity index is 798. The van der Waals surface area contributed by atoms with Crippen LogP contribution in [0.25, 0.3) is 0 Å². The molecular weight excluding hydrogens is 333 g/mol. The highest BCUT2D eigenvalue weighted by molar-refractivity contribution is 5.98. The Hall–Kier alpha value is -3.16. The number of rotatable bonds is 8. The van der Waals surface area contributed by atoms with Crippen LogP contribution in [0.5, 0.6) is 5.75 Å². The second-order valence-electron chi connectivity index (χ2n) is 5.11. The van der Waals surface area contributed by atoms with Gasteiger partial charge in [-0.15, -0.1) is 0 Å². The number of carbonyl (C=O) groups excluding carboxylic acids is 2. The number of hydrogen-bond donors (Lipinski definition) is 2. The van der Waals surface area contributed by atoms with Crippen LogP contribution < -0.4 is 10.1 Å². The lowest BCUT2D eigenvalue weighted by Crippen LogP contribution is -2.24. The first kappa shape index (κ1) is 18.2. The molecule has 0 unspecified atom stereocenters. The maximum absolute atomic E-state index is 13.6. The first-order valence-corrected chi connectivity index (χ1v) is 7.35. The van der Waals surface area contributed by atoms with Gasteiger partial charge in [-0.1, -0.05) is 0 Å². The lowest BCUT2D eigenvalue weighted by Gasteiger charge is -2.06. The molecule has 0 aliphatic heterocycles. The minimum absolute atomic E-state index is 0.0296. The third-order valence-corrected chi connectivity index (χ3v) is 3.47.